The third-order valence-corrected chi connectivity index (χ3v) is 5.01. The van der Waals surface area contributed by atoms with Crippen molar-refractivity contribution in [2.45, 2.75) is 32.2 Å². The molecule has 140 valence electrons. The fourth-order valence-electron chi connectivity index (χ4n) is 3.70. The first-order valence-electron chi connectivity index (χ1n) is 9.31. The molecule has 1 atom stereocenters. The number of methoxy groups -OCH3 is 1. The van der Waals surface area contributed by atoms with Crippen molar-refractivity contribution in [3.63, 3.8) is 0 Å². The highest BCUT2D eigenvalue weighted by atomic mass is 16.5. The summed E-state index contributed by atoms with van der Waals surface area (Å²) in [4.78, 5) is 28.2. The molecule has 0 bridgehead atoms. The molecule has 4 rings (SSSR count). The molecule has 0 unspecified atom stereocenters. The standard InChI is InChI=1S/C20H23N5O2/c1-3-10-25-18(23-16-5-4-9-21-19(16)25)15-8-11-24(13-15)20(26)14-6-7-17(27-2)22-12-14/h4-7,9,12,15H,3,8,10-11,13H2,1-2H3/t15-/m0/s1. The van der Waals surface area contributed by atoms with Gasteiger partial charge in [0.15, 0.2) is 5.65 Å². The molecule has 4 heterocycles. The van der Waals surface area contributed by atoms with Gasteiger partial charge in [0.1, 0.15) is 11.3 Å². The molecule has 27 heavy (non-hydrogen) atoms. The number of likely N-dealkylation sites (tertiary alicyclic amines) is 1. The number of nitrogens with zero attached hydrogens (tertiary/aromatic N) is 5. The van der Waals surface area contributed by atoms with Crippen molar-refractivity contribution < 1.29 is 9.53 Å². The Labute approximate surface area is 158 Å². The zero-order chi connectivity index (χ0) is 18.8. The lowest BCUT2D eigenvalue weighted by Gasteiger charge is -2.17. The van der Waals surface area contributed by atoms with Crippen LogP contribution in [-0.2, 0) is 6.54 Å². The minimum Gasteiger partial charge on any atom is -0.481 e. The van der Waals surface area contributed by atoms with Gasteiger partial charge in [-0.1, -0.05) is 6.92 Å². The second kappa shape index (κ2) is 7.34. The molecular weight excluding hydrogens is 342 g/mol. The Morgan fingerprint density at radius 2 is 2.19 bits per heavy atom. The van der Waals surface area contributed by atoms with Crippen molar-refractivity contribution in [3.8, 4) is 5.88 Å². The highest BCUT2D eigenvalue weighted by Gasteiger charge is 2.31. The maximum absolute atomic E-state index is 12.8. The summed E-state index contributed by atoms with van der Waals surface area (Å²) in [6, 6.07) is 7.39. The van der Waals surface area contributed by atoms with Crippen molar-refractivity contribution in [2.24, 2.45) is 0 Å². The number of aromatic nitrogens is 4. The van der Waals surface area contributed by atoms with E-state index in [-0.39, 0.29) is 11.8 Å². The van der Waals surface area contributed by atoms with Gasteiger partial charge in [-0.05, 0) is 31.0 Å². The Morgan fingerprint density at radius 1 is 1.30 bits per heavy atom. The lowest BCUT2D eigenvalue weighted by Crippen LogP contribution is -2.28. The zero-order valence-corrected chi connectivity index (χ0v) is 15.6. The average Bonchev–Trinajstić information content (AvgIpc) is 3.33. The first kappa shape index (κ1) is 17.5. The number of carbonyl (C=O) groups excluding carboxylic acids is 1. The van der Waals surface area contributed by atoms with E-state index in [9.17, 15) is 4.79 Å². The van der Waals surface area contributed by atoms with Crippen LogP contribution >= 0.6 is 0 Å². The summed E-state index contributed by atoms with van der Waals surface area (Å²) in [5.41, 5.74) is 2.43. The van der Waals surface area contributed by atoms with Gasteiger partial charge in [0.2, 0.25) is 5.88 Å². The van der Waals surface area contributed by atoms with Crippen LogP contribution in [0.25, 0.3) is 11.2 Å². The number of rotatable bonds is 5. The number of aryl methyl sites for hydroxylation is 1. The third kappa shape index (κ3) is 3.25. The molecule has 7 nitrogen and oxygen atoms in total. The predicted octanol–water partition coefficient (Wildman–Crippen LogP) is 2.87. The Bertz CT molecular complexity index is 951. The second-order valence-electron chi connectivity index (χ2n) is 6.79. The van der Waals surface area contributed by atoms with Crippen LogP contribution in [0.2, 0.25) is 0 Å². The minimum absolute atomic E-state index is 0.00364. The largest absolute Gasteiger partial charge is 0.481 e. The summed E-state index contributed by atoms with van der Waals surface area (Å²) in [6.07, 6.45) is 5.30. The topological polar surface area (TPSA) is 73.1 Å². The normalized spacial score (nSPS) is 16.8. The maximum atomic E-state index is 12.8. The Morgan fingerprint density at radius 3 is 2.93 bits per heavy atom. The molecule has 0 aliphatic carbocycles. The van der Waals surface area contributed by atoms with Gasteiger partial charge in [0, 0.05) is 44.0 Å². The molecule has 1 saturated heterocycles. The molecule has 1 aliphatic rings. The molecule has 0 N–H and O–H groups in total. The molecule has 1 amide bonds. The average molecular weight is 365 g/mol. The quantitative estimate of drug-likeness (QED) is 0.695. The van der Waals surface area contributed by atoms with E-state index >= 15 is 0 Å². The maximum Gasteiger partial charge on any atom is 0.255 e. The number of amides is 1. The molecule has 1 aliphatic heterocycles. The van der Waals surface area contributed by atoms with Gasteiger partial charge in [-0.3, -0.25) is 4.79 Å². The smallest absolute Gasteiger partial charge is 0.255 e. The van der Waals surface area contributed by atoms with E-state index in [1.807, 2.05) is 17.0 Å². The zero-order valence-electron chi connectivity index (χ0n) is 15.6. The van der Waals surface area contributed by atoms with E-state index in [1.165, 1.54) is 0 Å². The van der Waals surface area contributed by atoms with E-state index in [2.05, 4.69) is 21.5 Å². The monoisotopic (exact) mass is 365 g/mol. The van der Waals surface area contributed by atoms with Crippen molar-refractivity contribution in [1.82, 2.24) is 24.4 Å². The highest BCUT2D eigenvalue weighted by molar-refractivity contribution is 5.94. The molecule has 0 aromatic carbocycles. The van der Waals surface area contributed by atoms with Crippen LogP contribution in [-0.4, -0.2) is 50.5 Å². The third-order valence-electron chi connectivity index (χ3n) is 5.01. The Balaban J connectivity index is 1.56. The van der Waals surface area contributed by atoms with Crippen LogP contribution in [0.3, 0.4) is 0 Å². The number of fused-ring (bicyclic) bond motifs is 1. The van der Waals surface area contributed by atoms with Crippen molar-refractivity contribution >= 4 is 17.1 Å². The summed E-state index contributed by atoms with van der Waals surface area (Å²) in [5.74, 6) is 1.77. The SMILES string of the molecule is CCCn1c([C@H]2CCN(C(=O)c3ccc(OC)nc3)C2)nc2cccnc21. The number of ether oxygens (including phenoxy) is 1. The van der Waals surface area contributed by atoms with Crippen LogP contribution in [0.4, 0.5) is 0 Å². The Hall–Kier alpha value is -2.96. The summed E-state index contributed by atoms with van der Waals surface area (Å²) in [7, 11) is 1.56. The molecule has 1 fully saturated rings. The predicted molar refractivity (Wildman–Crippen MR) is 102 cm³/mol. The van der Waals surface area contributed by atoms with Gasteiger partial charge in [-0.25, -0.2) is 15.0 Å². The van der Waals surface area contributed by atoms with Crippen molar-refractivity contribution in [2.75, 3.05) is 20.2 Å². The van der Waals surface area contributed by atoms with Gasteiger partial charge >= 0.3 is 0 Å². The van der Waals surface area contributed by atoms with E-state index in [1.54, 1.807) is 31.6 Å². The first-order chi connectivity index (χ1) is 13.2. The van der Waals surface area contributed by atoms with E-state index in [4.69, 9.17) is 9.72 Å². The fraction of sp³-hybridized carbons (Fsp3) is 0.400. The molecule has 3 aromatic rings. The summed E-state index contributed by atoms with van der Waals surface area (Å²) >= 11 is 0. The van der Waals surface area contributed by atoms with Crippen LogP contribution in [0, 0.1) is 0 Å². The number of hydrogen-bond donors (Lipinski definition) is 0. The number of imidazole rings is 1. The molecule has 0 radical (unpaired) electrons. The van der Waals surface area contributed by atoms with E-state index in [0.29, 0.717) is 18.0 Å². The molecular formula is C20H23N5O2. The summed E-state index contributed by atoms with van der Waals surface area (Å²) in [6.45, 7) is 4.42. The second-order valence-corrected chi connectivity index (χ2v) is 6.79. The van der Waals surface area contributed by atoms with E-state index < -0.39 is 0 Å². The molecule has 7 heteroatoms. The summed E-state index contributed by atoms with van der Waals surface area (Å²) < 4.78 is 7.27. The first-order valence-corrected chi connectivity index (χ1v) is 9.31. The van der Waals surface area contributed by atoms with Gasteiger partial charge in [0.05, 0.1) is 12.7 Å². The minimum atomic E-state index is 0.00364. The number of carbonyl (C=O) groups is 1. The van der Waals surface area contributed by atoms with E-state index in [0.717, 1.165) is 42.9 Å². The van der Waals surface area contributed by atoms with Crippen LogP contribution in [0.15, 0.2) is 36.7 Å². The van der Waals surface area contributed by atoms with Gasteiger partial charge in [0.25, 0.3) is 5.91 Å². The van der Waals surface area contributed by atoms with Gasteiger partial charge < -0.3 is 14.2 Å². The van der Waals surface area contributed by atoms with Crippen molar-refractivity contribution in [1.29, 1.82) is 0 Å². The summed E-state index contributed by atoms with van der Waals surface area (Å²) in [5, 5.41) is 0. The van der Waals surface area contributed by atoms with Gasteiger partial charge in [-0.15, -0.1) is 0 Å². The molecule has 0 saturated carbocycles. The molecule has 0 spiro atoms. The number of hydrogen-bond acceptors (Lipinski definition) is 5. The molecule has 3 aromatic heterocycles. The number of pyridine rings is 2. The fourth-order valence-corrected chi connectivity index (χ4v) is 3.70. The van der Waals surface area contributed by atoms with Gasteiger partial charge in [-0.2, -0.15) is 0 Å². The van der Waals surface area contributed by atoms with Crippen LogP contribution in [0.5, 0.6) is 5.88 Å². The van der Waals surface area contributed by atoms with Crippen molar-refractivity contribution in [3.05, 3.63) is 48.0 Å². The van der Waals surface area contributed by atoms with Crippen LogP contribution in [0.1, 0.15) is 41.9 Å². The van der Waals surface area contributed by atoms with Crippen LogP contribution < -0.4 is 4.74 Å². The lowest BCUT2D eigenvalue weighted by atomic mass is 10.1. The Kier molecular flexibility index (Phi) is 4.75. The highest BCUT2D eigenvalue weighted by Crippen LogP contribution is 2.30. The lowest BCUT2D eigenvalue weighted by molar-refractivity contribution is 0.0790.